The SMILES string of the molecule is CCC(CC)c1nnc(NC(=O)C2(C)Cc3ccccc3C(=O)O2)s1. The van der Waals surface area contributed by atoms with E-state index in [4.69, 9.17) is 4.74 Å². The van der Waals surface area contributed by atoms with Crippen molar-refractivity contribution in [2.24, 2.45) is 0 Å². The van der Waals surface area contributed by atoms with E-state index in [-0.39, 0.29) is 5.91 Å². The van der Waals surface area contributed by atoms with E-state index in [0.717, 1.165) is 23.4 Å². The number of aromatic nitrogens is 2. The number of hydrogen-bond donors (Lipinski definition) is 1. The molecule has 0 spiro atoms. The molecular formula is C18H21N3O3S. The molecule has 0 fully saturated rings. The molecule has 0 saturated heterocycles. The second-order valence-corrected chi connectivity index (χ2v) is 7.38. The first-order chi connectivity index (χ1) is 12.0. The van der Waals surface area contributed by atoms with Gasteiger partial charge in [-0.25, -0.2) is 4.79 Å². The van der Waals surface area contributed by atoms with Crippen molar-refractivity contribution in [3.63, 3.8) is 0 Å². The van der Waals surface area contributed by atoms with Gasteiger partial charge in [0.15, 0.2) is 5.60 Å². The number of nitrogens with one attached hydrogen (secondary N) is 1. The Labute approximate surface area is 150 Å². The topological polar surface area (TPSA) is 81.2 Å². The summed E-state index contributed by atoms with van der Waals surface area (Å²) < 4.78 is 5.44. The van der Waals surface area contributed by atoms with Crippen LogP contribution in [0.25, 0.3) is 0 Å². The number of carbonyl (C=O) groups excluding carboxylic acids is 2. The van der Waals surface area contributed by atoms with Crippen LogP contribution >= 0.6 is 11.3 Å². The van der Waals surface area contributed by atoms with Crippen molar-refractivity contribution < 1.29 is 14.3 Å². The van der Waals surface area contributed by atoms with Crippen molar-refractivity contribution in [2.75, 3.05) is 5.32 Å². The van der Waals surface area contributed by atoms with Gasteiger partial charge in [0.2, 0.25) is 5.13 Å². The van der Waals surface area contributed by atoms with Gasteiger partial charge in [-0.05, 0) is 31.4 Å². The lowest BCUT2D eigenvalue weighted by Gasteiger charge is -2.32. The van der Waals surface area contributed by atoms with Crippen LogP contribution in [0.3, 0.4) is 0 Å². The number of anilines is 1. The van der Waals surface area contributed by atoms with Crippen LogP contribution in [0.4, 0.5) is 5.13 Å². The van der Waals surface area contributed by atoms with E-state index >= 15 is 0 Å². The molecule has 7 heteroatoms. The summed E-state index contributed by atoms with van der Waals surface area (Å²) in [5, 5.41) is 12.3. The monoisotopic (exact) mass is 359 g/mol. The van der Waals surface area contributed by atoms with Crippen LogP contribution in [0.5, 0.6) is 0 Å². The highest BCUT2D eigenvalue weighted by Gasteiger charge is 2.43. The number of carbonyl (C=O) groups is 2. The molecule has 1 N–H and O–H groups in total. The van der Waals surface area contributed by atoms with Crippen LogP contribution in [0, 0.1) is 0 Å². The zero-order chi connectivity index (χ0) is 18.0. The summed E-state index contributed by atoms with van der Waals surface area (Å²) in [5.74, 6) is -0.518. The van der Waals surface area contributed by atoms with E-state index in [1.807, 2.05) is 12.1 Å². The molecule has 2 aromatic rings. The van der Waals surface area contributed by atoms with Gasteiger partial charge in [-0.1, -0.05) is 43.4 Å². The van der Waals surface area contributed by atoms with Gasteiger partial charge in [0.1, 0.15) is 5.01 Å². The van der Waals surface area contributed by atoms with Crippen molar-refractivity contribution in [3.05, 3.63) is 40.4 Å². The molecule has 6 nitrogen and oxygen atoms in total. The second kappa shape index (κ2) is 6.92. The summed E-state index contributed by atoms with van der Waals surface area (Å²) >= 11 is 1.37. The first-order valence-electron chi connectivity index (χ1n) is 8.43. The van der Waals surface area contributed by atoms with E-state index < -0.39 is 11.6 Å². The molecule has 1 atom stereocenters. The Kier molecular flexibility index (Phi) is 4.85. The molecule has 25 heavy (non-hydrogen) atoms. The van der Waals surface area contributed by atoms with E-state index in [1.54, 1.807) is 19.1 Å². The number of cyclic esters (lactones) is 1. The van der Waals surface area contributed by atoms with Gasteiger partial charge in [0.25, 0.3) is 5.91 Å². The lowest BCUT2D eigenvalue weighted by molar-refractivity contribution is -0.134. The predicted octanol–water partition coefficient (Wildman–Crippen LogP) is 3.55. The minimum Gasteiger partial charge on any atom is -0.445 e. The summed E-state index contributed by atoms with van der Waals surface area (Å²) in [5.41, 5.74) is 0.0673. The first-order valence-corrected chi connectivity index (χ1v) is 9.24. The van der Waals surface area contributed by atoms with Crippen LogP contribution in [0.15, 0.2) is 24.3 Å². The molecule has 3 rings (SSSR count). The van der Waals surface area contributed by atoms with Crippen molar-refractivity contribution >= 4 is 28.3 Å². The number of esters is 1. The maximum atomic E-state index is 12.7. The van der Waals surface area contributed by atoms with Crippen molar-refractivity contribution in [3.8, 4) is 0 Å². The summed E-state index contributed by atoms with van der Waals surface area (Å²) in [6.45, 7) is 5.83. The van der Waals surface area contributed by atoms with Gasteiger partial charge in [-0.3, -0.25) is 10.1 Å². The summed E-state index contributed by atoms with van der Waals surface area (Å²) in [6.07, 6.45) is 2.29. The number of ether oxygens (including phenoxy) is 1. The van der Waals surface area contributed by atoms with E-state index in [9.17, 15) is 9.59 Å². The smallest absolute Gasteiger partial charge is 0.339 e. The summed E-state index contributed by atoms with van der Waals surface area (Å²) in [6, 6.07) is 7.19. The predicted molar refractivity (Wildman–Crippen MR) is 95.8 cm³/mol. The van der Waals surface area contributed by atoms with Crippen LogP contribution in [-0.2, 0) is 16.0 Å². The van der Waals surface area contributed by atoms with Gasteiger partial charge in [0.05, 0.1) is 5.56 Å². The number of hydrogen-bond acceptors (Lipinski definition) is 6. The lowest BCUT2D eigenvalue weighted by Crippen LogP contribution is -2.48. The number of benzene rings is 1. The molecule has 1 aromatic carbocycles. The van der Waals surface area contributed by atoms with Crippen LogP contribution in [0.1, 0.15) is 60.5 Å². The zero-order valence-electron chi connectivity index (χ0n) is 14.5. The maximum Gasteiger partial charge on any atom is 0.339 e. The quantitative estimate of drug-likeness (QED) is 0.826. The Bertz CT molecular complexity index is 800. The highest BCUT2D eigenvalue weighted by Crippen LogP contribution is 2.31. The molecule has 2 heterocycles. The molecule has 0 aliphatic carbocycles. The average Bonchev–Trinajstić information content (AvgIpc) is 3.04. The van der Waals surface area contributed by atoms with Crippen LogP contribution < -0.4 is 5.32 Å². The standard InChI is InChI=1S/C18H21N3O3S/c1-4-11(5-2)14-20-21-17(25-14)19-16(23)18(3)10-12-8-6-7-9-13(12)15(22)24-18/h6-9,11H,4-5,10H2,1-3H3,(H,19,21,23). The highest BCUT2D eigenvalue weighted by molar-refractivity contribution is 7.15. The molecule has 0 saturated carbocycles. The Morgan fingerprint density at radius 1 is 1.32 bits per heavy atom. The fraction of sp³-hybridized carbons (Fsp3) is 0.444. The zero-order valence-corrected chi connectivity index (χ0v) is 15.4. The largest absolute Gasteiger partial charge is 0.445 e. The van der Waals surface area contributed by atoms with Gasteiger partial charge < -0.3 is 4.74 Å². The molecule has 0 bridgehead atoms. The van der Waals surface area contributed by atoms with Crippen molar-refractivity contribution in [2.45, 2.75) is 51.6 Å². The fourth-order valence-corrected chi connectivity index (χ4v) is 3.98. The third-order valence-corrected chi connectivity index (χ3v) is 5.56. The minimum atomic E-state index is -1.26. The Morgan fingerprint density at radius 3 is 2.76 bits per heavy atom. The van der Waals surface area contributed by atoms with Crippen molar-refractivity contribution in [1.82, 2.24) is 10.2 Å². The number of rotatable bonds is 5. The molecule has 1 unspecified atom stereocenters. The first kappa shape index (κ1) is 17.5. The van der Waals surface area contributed by atoms with Gasteiger partial charge >= 0.3 is 5.97 Å². The molecule has 1 amide bonds. The molecular weight excluding hydrogens is 338 g/mol. The number of nitrogens with zero attached hydrogens (tertiary/aromatic N) is 2. The molecule has 1 aromatic heterocycles. The fourth-order valence-electron chi connectivity index (χ4n) is 2.98. The molecule has 1 aliphatic rings. The Balaban J connectivity index is 1.76. The van der Waals surface area contributed by atoms with Crippen molar-refractivity contribution in [1.29, 1.82) is 0 Å². The number of amides is 1. The van der Waals surface area contributed by atoms with Gasteiger partial charge in [-0.2, -0.15) is 0 Å². The summed E-state index contributed by atoms with van der Waals surface area (Å²) in [7, 11) is 0. The second-order valence-electron chi connectivity index (χ2n) is 6.37. The molecule has 132 valence electrons. The Morgan fingerprint density at radius 2 is 2.04 bits per heavy atom. The molecule has 0 radical (unpaired) electrons. The van der Waals surface area contributed by atoms with E-state index in [2.05, 4.69) is 29.4 Å². The highest BCUT2D eigenvalue weighted by atomic mass is 32.1. The average molecular weight is 359 g/mol. The number of fused-ring (bicyclic) bond motifs is 1. The van der Waals surface area contributed by atoms with E-state index in [1.165, 1.54) is 11.3 Å². The van der Waals surface area contributed by atoms with E-state index in [0.29, 0.717) is 23.0 Å². The maximum absolute atomic E-state index is 12.7. The Hall–Kier alpha value is -2.28. The van der Waals surface area contributed by atoms with Gasteiger partial charge in [0, 0.05) is 12.3 Å². The minimum absolute atomic E-state index is 0.332. The summed E-state index contributed by atoms with van der Waals surface area (Å²) in [4.78, 5) is 24.9. The molecule has 1 aliphatic heterocycles. The normalized spacial score (nSPS) is 19.4. The van der Waals surface area contributed by atoms with Gasteiger partial charge in [-0.15, -0.1) is 10.2 Å². The lowest BCUT2D eigenvalue weighted by atomic mass is 9.89. The third-order valence-electron chi connectivity index (χ3n) is 4.56. The third kappa shape index (κ3) is 3.42. The van der Waals surface area contributed by atoms with Crippen LogP contribution in [-0.4, -0.2) is 27.7 Å². The van der Waals surface area contributed by atoms with Crippen LogP contribution in [0.2, 0.25) is 0 Å².